The molecule has 0 amide bonds. The van der Waals surface area contributed by atoms with Crippen molar-refractivity contribution in [3.05, 3.63) is 63.6 Å². The second-order valence-electron chi connectivity index (χ2n) is 5.34. The van der Waals surface area contributed by atoms with Gasteiger partial charge in [-0.25, -0.2) is 0 Å². The van der Waals surface area contributed by atoms with Crippen molar-refractivity contribution in [1.82, 2.24) is 5.32 Å². The van der Waals surface area contributed by atoms with Gasteiger partial charge < -0.3 is 10.2 Å². The maximum atomic E-state index is 6.06. The molecule has 2 rings (SSSR count). The molecule has 2 aromatic carbocycles. The molecule has 4 heteroatoms. The van der Waals surface area contributed by atoms with Crippen LogP contribution in [0.25, 0.3) is 0 Å². The van der Waals surface area contributed by atoms with Gasteiger partial charge in [-0.1, -0.05) is 41.4 Å². The number of rotatable bonds is 5. The Morgan fingerprint density at radius 2 is 1.67 bits per heavy atom. The van der Waals surface area contributed by atoms with Crippen LogP contribution in [0.4, 0.5) is 5.69 Å². The molecule has 0 heterocycles. The lowest BCUT2D eigenvalue weighted by Crippen LogP contribution is -2.18. The molecule has 0 bridgehead atoms. The Bertz CT molecular complexity index is 594. The van der Waals surface area contributed by atoms with Crippen LogP contribution in [0.1, 0.15) is 24.1 Å². The lowest BCUT2D eigenvalue weighted by Gasteiger charge is -2.16. The van der Waals surface area contributed by atoms with Crippen LogP contribution in [-0.2, 0) is 6.54 Å². The standard InChI is InChI=1S/C17H20Cl2N2/c1-12(14-6-9-16(18)17(19)10-14)20-11-13-4-7-15(8-5-13)21(2)3/h4-10,12,20H,11H2,1-3H3. The van der Waals surface area contributed by atoms with E-state index in [0.29, 0.717) is 10.0 Å². The topological polar surface area (TPSA) is 15.3 Å². The van der Waals surface area contributed by atoms with Gasteiger partial charge >= 0.3 is 0 Å². The molecule has 0 aliphatic carbocycles. The maximum absolute atomic E-state index is 6.06. The van der Waals surface area contributed by atoms with Gasteiger partial charge in [0.2, 0.25) is 0 Å². The van der Waals surface area contributed by atoms with Crippen LogP contribution in [-0.4, -0.2) is 14.1 Å². The average Bonchev–Trinajstić information content (AvgIpc) is 2.48. The molecule has 1 atom stereocenters. The Labute approximate surface area is 136 Å². The van der Waals surface area contributed by atoms with E-state index in [4.69, 9.17) is 23.2 Å². The highest BCUT2D eigenvalue weighted by molar-refractivity contribution is 6.42. The van der Waals surface area contributed by atoms with Gasteiger partial charge in [0.1, 0.15) is 0 Å². The molecular weight excluding hydrogens is 303 g/mol. The Balaban J connectivity index is 1.97. The van der Waals surface area contributed by atoms with E-state index in [1.807, 2.05) is 32.3 Å². The van der Waals surface area contributed by atoms with E-state index in [9.17, 15) is 0 Å². The van der Waals surface area contributed by atoms with E-state index in [0.717, 1.165) is 12.1 Å². The van der Waals surface area contributed by atoms with Gasteiger partial charge in [-0.05, 0) is 42.3 Å². The number of hydrogen-bond donors (Lipinski definition) is 1. The first-order valence-electron chi connectivity index (χ1n) is 6.92. The summed E-state index contributed by atoms with van der Waals surface area (Å²) in [5.41, 5.74) is 3.60. The first kappa shape index (κ1) is 16.2. The van der Waals surface area contributed by atoms with Crippen LogP contribution in [0.2, 0.25) is 10.0 Å². The van der Waals surface area contributed by atoms with Crippen molar-refractivity contribution in [2.75, 3.05) is 19.0 Å². The van der Waals surface area contributed by atoms with Crippen molar-refractivity contribution in [1.29, 1.82) is 0 Å². The minimum absolute atomic E-state index is 0.216. The summed E-state index contributed by atoms with van der Waals surface area (Å²) < 4.78 is 0. The number of halogens is 2. The predicted octanol–water partition coefficient (Wildman–Crippen LogP) is 4.91. The summed E-state index contributed by atoms with van der Waals surface area (Å²) in [5, 5.41) is 4.68. The summed E-state index contributed by atoms with van der Waals surface area (Å²) >= 11 is 12.0. The van der Waals surface area contributed by atoms with E-state index >= 15 is 0 Å². The normalized spacial score (nSPS) is 12.2. The van der Waals surface area contributed by atoms with E-state index < -0.39 is 0 Å². The zero-order chi connectivity index (χ0) is 15.4. The van der Waals surface area contributed by atoms with Crippen molar-refractivity contribution in [2.24, 2.45) is 0 Å². The van der Waals surface area contributed by atoms with Crippen LogP contribution in [0.15, 0.2) is 42.5 Å². The van der Waals surface area contributed by atoms with Crippen LogP contribution >= 0.6 is 23.2 Å². The van der Waals surface area contributed by atoms with Gasteiger partial charge in [-0.3, -0.25) is 0 Å². The molecular formula is C17H20Cl2N2. The zero-order valence-corrected chi connectivity index (χ0v) is 14.0. The highest BCUT2D eigenvalue weighted by Crippen LogP contribution is 2.25. The molecule has 0 aromatic heterocycles. The molecule has 0 saturated heterocycles. The van der Waals surface area contributed by atoms with Crippen LogP contribution in [0.5, 0.6) is 0 Å². The van der Waals surface area contributed by atoms with Gasteiger partial charge in [0, 0.05) is 32.4 Å². The summed E-state index contributed by atoms with van der Waals surface area (Å²) in [4.78, 5) is 2.09. The minimum Gasteiger partial charge on any atom is -0.378 e. The van der Waals surface area contributed by atoms with Gasteiger partial charge in [0.05, 0.1) is 10.0 Å². The third-order valence-electron chi connectivity index (χ3n) is 3.51. The molecule has 1 unspecified atom stereocenters. The number of nitrogens with one attached hydrogen (secondary N) is 1. The van der Waals surface area contributed by atoms with Crippen LogP contribution in [0.3, 0.4) is 0 Å². The van der Waals surface area contributed by atoms with E-state index in [2.05, 4.69) is 41.4 Å². The second kappa shape index (κ2) is 7.17. The fraction of sp³-hybridized carbons (Fsp3) is 0.294. The number of anilines is 1. The minimum atomic E-state index is 0.216. The fourth-order valence-corrected chi connectivity index (χ4v) is 2.39. The third kappa shape index (κ3) is 4.37. The van der Waals surface area contributed by atoms with E-state index in [1.54, 1.807) is 0 Å². The van der Waals surface area contributed by atoms with Crippen LogP contribution in [0, 0.1) is 0 Å². The second-order valence-corrected chi connectivity index (χ2v) is 6.15. The Morgan fingerprint density at radius 1 is 1.00 bits per heavy atom. The molecule has 0 radical (unpaired) electrons. The van der Waals surface area contributed by atoms with Crippen molar-refractivity contribution >= 4 is 28.9 Å². The lowest BCUT2D eigenvalue weighted by atomic mass is 10.1. The van der Waals surface area contributed by atoms with Crippen molar-refractivity contribution in [3.8, 4) is 0 Å². The molecule has 2 nitrogen and oxygen atoms in total. The zero-order valence-electron chi connectivity index (χ0n) is 12.5. The van der Waals surface area contributed by atoms with Crippen molar-refractivity contribution < 1.29 is 0 Å². The van der Waals surface area contributed by atoms with E-state index in [-0.39, 0.29) is 6.04 Å². The largest absolute Gasteiger partial charge is 0.378 e. The summed E-state index contributed by atoms with van der Waals surface area (Å²) in [6, 6.07) is 14.5. The quantitative estimate of drug-likeness (QED) is 0.841. The fourth-order valence-electron chi connectivity index (χ4n) is 2.08. The molecule has 0 fully saturated rings. The average molecular weight is 323 g/mol. The summed E-state index contributed by atoms with van der Waals surface area (Å²) in [5.74, 6) is 0. The number of hydrogen-bond acceptors (Lipinski definition) is 2. The SMILES string of the molecule is CC(NCc1ccc(N(C)C)cc1)c1ccc(Cl)c(Cl)c1. The monoisotopic (exact) mass is 322 g/mol. The lowest BCUT2D eigenvalue weighted by molar-refractivity contribution is 0.575. The predicted molar refractivity (Wildman–Crippen MR) is 92.5 cm³/mol. The summed E-state index contributed by atoms with van der Waals surface area (Å²) in [7, 11) is 4.08. The van der Waals surface area contributed by atoms with E-state index in [1.165, 1.54) is 11.3 Å². The van der Waals surface area contributed by atoms with Gasteiger partial charge in [0.15, 0.2) is 0 Å². The number of benzene rings is 2. The molecule has 112 valence electrons. The molecule has 21 heavy (non-hydrogen) atoms. The van der Waals surface area contributed by atoms with Gasteiger partial charge in [-0.15, -0.1) is 0 Å². The Kier molecular flexibility index (Phi) is 5.51. The van der Waals surface area contributed by atoms with Crippen molar-refractivity contribution in [3.63, 3.8) is 0 Å². The Hall–Kier alpha value is -1.22. The van der Waals surface area contributed by atoms with Crippen molar-refractivity contribution in [2.45, 2.75) is 19.5 Å². The molecule has 0 saturated carbocycles. The summed E-state index contributed by atoms with van der Waals surface area (Å²) in [6.45, 7) is 2.93. The molecule has 2 aromatic rings. The third-order valence-corrected chi connectivity index (χ3v) is 4.25. The van der Waals surface area contributed by atoms with Crippen LogP contribution < -0.4 is 10.2 Å². The molecule has 1 N–H and O–H groups in total. The number of nitrogens with zero attached hydrogens (tertiary/aromatic N) is 1. The molecule has 0 spiro atoms. The smallest absolute Gasteiger partial charge is 0.0595 e. The molecule has 0 aliphatic rings. The maximum Gasteiger partial charge on any atom is 0.0595 e. The molecule has 0 aliphatic heterocycles. The summed E-state index contributed by atoms with van der Waals surface area (Å²) in [6.07, 6.45) is 0. The first-order chi connectivity index (χ1) is 9.97. The Morgan fingerprint density at radius 3 is 2.24 bits per heavy atom. The highest BCUT2D eigenvalue weighted by Gasteiger charge is 2.07. The van der Waals surface area contributed by atoms with Gasteiger partial charge in [0.25, 0.3) is 0 Å². The first-order valence-corrected chi connectivity index (χ1v) is 7.67. The highest BCUT2D eigenvalue weighted by atomic mass is 35.5. The van der Waals surface area contributed by atoms with Gasteiger partial charge in [-0.2, -0.15) is 0 Å².